The van der Waals surface area contributed by atoms with Gasteiger partial charge in [-0.15, -0.1) is 0 Å². The van der Waals surface area contributed by atoms with Crippen LogP contribution in [0.15, 0.2) is 84.9 Å². The fourth-order valence-corrected chi connectivity index (χ4v) is 3.23. The first-order valence-corrected chi connectivity index (χ1v) is 9.70. The van der Waals surface area contributed by atoms with Crippen molar-refractivity contribution in [3.05, 3.63) is 102 Å². The Bertz CT molecular complexity index is 919. The predicted octanol–water partition coefficient (Wildman–Crippen LogP) is 4.84. The Hall–Kier alpha value is -3.25. The summed E-state index contributed by atoms with van der Waals surface area (Å²) in [5.74, 6) is -0.0417. The molecule has 156 valence electrons. The fourth-order valence-electron chi connectivity index (χ4n) is 3.23. The molecule has 0 aromatic heterocycles. The van der Waals surface area contributed by atoms with E-state index in [1.807, 2.05) is 67.6 Å². The van der Waals surface area contributed by atoms with Gasteiger partial charge in [-0.1, -0.05) is 72.8 Å². The maximum absolute atomic E-state index is 12.5. The lowest BCUT2D eigenvalue weighted by Gasteiger charge is -2.21. The highest BCUT2D eigenvalue weighted by Crippen LogP contribution is 2.24. The monoisotopic (exact) mass is 410 g/mol. The molecule has 0 heterocycles. The molecule has 2 atom stereocenters. The maximum atomic E-state index is 12.5. The van der Waals surface area contributed by atoms with Crippen LogP contribution in [0.5, 0.6) is 5.75 Å². The molecule has 0 fully saturated rings. The number of rotatable bonds is 9. The summed E-state index contributed by atoms with van der Waals surface area (Å²) in [6.07, 6.45) is 0. The second-order valence-electron chi connectivity index (χ2n) is 6.87. The van der Waals surface area contributed by atoms with Gasteiger partial charge < -0.3 is 10.1 Å². The van der Waals surface area contributed by atoms with Crippen LogP contribution in [0, 0.1) is 0 Å². The molecule has 0 aliphatic heterocycles. The molecule has 3 aromatic carbocycles. The van der Waals surface area contributed by atoms with Crippen molar-refractivity contribution in [1.82, 2.24) is 10.6 Å². The van der Waals surface area contributed by atoms with Crippen LogP contribution < -0.4 is 15.4 Å². The second-order valence-corrected chi connectivity index (χ2v) is 6.87. The van der Waals surface area contributed by atoms with E-state index in [4.69, 9.17) is 0 Å². The minimum Gasteiger partial charge on any atom is -0.435 e. The van der Waals surface area contributed by atoms with E-state index in [2.05, 4.69) is 15.4 Å². The smallest absolute Gasteiger partial charge is 0.387 e. The van der Waals surface area contributed by atoms with Crippen molar-refractivity contribution in [2.24, 2.45) is 0 Å². The third-order valence-corrected chi connectivity index (χ3v) is 4.72. The van der Waals surface area contributed by atoms with Gasteiger partial charge in [0.25, 0.3) is 0 Å². The van der Waals surface area contributed by atoms with E-state index in [9.17, 15) is 13.6 Å². The summed E-state index contributed by atoms with van der Waals surface area (Å²) in [4.78, 5) is 12.5. The molecule has 3 rings (SSSR count). The molecule has 0 saturated heterocycles. The topological polar surface area (TPSA) is 50.4 Å². The number of hydrogen-bond acceptors (Lipinski definition) is 3. The molecule has 0 unspecified atom stereocenters. The van der Waals surface area contributed by atoms with Crippen LogP contribution in [0.1, 0.15) is 35.7 Å². The first kappa shape index (κ1) is 21.5. The number of amides is 1. The Morgan fingerprint density at radius 1 is 0.833 bits per heavy atom. The van der Waals surface area contributed by atoms with Gasteiger partial charge in [-0.25, -0.2) is 0 Å². The largest absolute Gasteiger partial charge is 0.435 e. The molecule has 0 spiro atoms. The predicted molar refractivity (Wildman–Crippen MR) is 112 cm³/mol. The van der Waals surface area contributed by atoms with E-state index in [0.717, 1.165) is 16.7 Å². The SMILES string of the molecule is C[C@@H](NC(=O)CN[C@@H](c1ccccc1)c1ccc(OC(F)F)cc1)c1ccccc1. The van der Waals surface area contributed by atoms with Gasteiger partial charge >= 0.3 is 6.61 Å². The van der Waals surface area contributed by atoms with Gasteiger partial charge in [0.05, 0.1) is 18.6 Å². The maximum Gasteiger partial charge on any atom is 0.387 e. The van der Waals surface area contributed by atoms with Crippen molar-refractivity contribution in [2.45, 2.75) is 25.6 Å². The van der Waals surface area contributed by atoms with E-state index in [-0.39, 0.29) is 30.3 Å². The molecule has 30 heavy (non-hydrogen) atoms. The Morgan fingerprint density at radius 3 is 1.93 bits per heavy atom. The van der Waals surface area contributed by atoms with Crippen LogP contribution in [0.2, 0.25) is 0 Å². The number of ether oxygens (including phenoxy) is 1. The zero-order chi connectivity index (χ0) is 21.3. The van der Waals surface area contributed by atoms with Crippen molar-refractivity contribution in [3.63, 3.8) is 0 Å². The Kier molecular flexibility index (Phi) is 7.51. The number of nitrogens with one attached hydrogen (secondary N) is 2. The third kappa shape index (κ3) is 6.12. The van der Waals surface area contributed by atoms with Crippen LogP contribution in [0.3, 0.4) is 0 Å². The molecular weight excluding hydrogens is 386 g/mol. The van der Waals surface area contributed by atoms with E-state index >= 15 is 0 Å². The van der Waals surface area contributed by atoms with Crippen LogP contribution >= 0.6 is 0 Å². The fraction of sp³-hybridized carbons (Fsp3) is 0.208. The van der Waals surface area contributed by atoms with Gasteiger partial charge in [-0.3, -0.25) is 10.1 Å². The molecule has 0 saturated carbocycles. The molecule has 3 aromatic rings. The summed E-state index contributed by atoms with van der Waals surface area (Å²) >= 11 is 0. The van der Waals surface area contributed by atoms with E-state index in [1.165, 1.54) is 12.1 Å². The minimum absolute atomic E-state index is 0.0926. The number of benzene rings is 3. The van der Waals surface area contributed by atoms with E-state index in [0.29, 0.717) is 0 Å². The Labute approximate surface area is 174 Å². The summed E-state index contributed by atoms with van der Waals surface area (Å²) in [5.41, 5.74) is 2.83. The summed E-state index contributed by atoms with van der Waals surface area (Å²) in [5, 5.41) is 6.25. The third-order valence-electron chi connectivity index (χ3n) is 4.72. The number of halogens is 2. The first-order valence-electron chi connectivity index (χ1n) is 9.70. The molecule has 6 heteroatoms. The van der Waals surface area contributed by atoms with Gasteiger partial charge in [0.2, 0.25) is 5.91 Å². The van der Waals surface area contributed by atoms with E-state index in [1.54, 1.807) is 12.1 Å². The molecule has 0 radical (unpaired) electrons. The Morgan fingerprint density at radius 2 is 1.37 bits per heavy atom. The van der Waals surface area contributed by atoms with Gasteiger partial charge in [-0.2, -0.15) is 8.78 Å². The summed E-state index contributed by atoms with van der Waals surface area (Å²) in [7, 11) is 0. The van der Waals surface area contributed by atoms with Gasteiger partial charge in [-0.05, 0) is 35.7 Å². The van der Waals surface area contributed by atoms with Crippen molar-refractivity contribution in [2.75, 3.05) is 6.54 Å². The average molecular weight is 410 g/mol. The second kappa shape index (κ2) is 10.5. The van der Waals surface area contributed by atoms with Gasteiger partial charge in [0.15, 0.2) is 0 Å². The zero-order valence-electron chi connectivity index (χ0n) is 16.6. The van der Waals surface area contributed by atoms with Crippen molar-refractivity contribution in [1.29, 1.82) is 0 Å². The van der Waals surface area contributed by atoms with Crippen LogP contribution in [0.25, 0.3) is 0 Å². The van der Waals surface area contributed by atoms with Crippen LogP contribution in [-0.4, -0.2) is 19.1 Å². The zero-order valence-corrected chi connectivity index (χ0v) is 16.6. The molecule has 0 aliphatic rings. The lowest BCUT2D eigenvalue weighted by atomic mass is 9.98. The number of alkyl halides is 2. The van der Waals surface area contributed by atoms with Crippen molar-refractivity contribution in [3.8, 4) is 5.75 Å². The lowest BCUT2D eigenvalue weighted by molar-refractivity contribution is -0.121. The molecule has 0 bridgehead atoms. The van der Waals surface area contributed by atoms with Crippen LogP contribution in [0.4, 0.5) is 8.78 Å². The van der Waals surface area contributed by atoms with Crippen LogP contribution in [-0.2, 0) is 4.79 Å². The molecule has 4 nitrogen and oxygen atoms in total. The van der Waals surface area contributed by atoms with Gasteiger partial charge in [0.1, 0.15) is 5.75 Å². The summed E-state index contributed by atoms with van der Waals surface area (Å²) in [6, 6.07) is 25.4. The van der Waals surface area contributed by atoms with Gasteiger partial charge in [0, 0.05) is 0 Å². The van der Waals surface area contributed by atoms with Crippen molar-refractivity contribution < 1.29 is 18.3 Å². The summed E-state index contributed by atoms with van der Waals surface area (Å²) < 4.78 is 29.2. The summed E-state index contributed by atoms with van der Waals surface area (Å²) in [6.45, 7) is -0.829. The normalized spacial score (nSPS) is 12.9. The number of carbonyl (C=O) groups is 1. The average Bonchev–Trinajstić information content (AvgIpc) is 2.76. The molecule has 1 amide bonds. The first-order chi connectivity index (χ1) is 14.5. The minimum atomic E-state index is -2.87. The number of carbonyl (C=O) groups excluding carboxylic acids is 1. The van der Waals surface area contributed by atoms with E-state index < -0.39 is 6.61 Å². The molecule has 2 N–H and O–H groups in total. The highest BCUT2D eigenvalue weighted by atomic mass is 19.3. The number of hydrogen-bond donors (Lipinski definition) is 2. The quantitative estimate of drug-likeness (QED) is 0.531. The highest BCUT2D eigenvalue weighted by molar-refractivity contribution is 5.78. The molecular formula is C24H24F2N2O2. The lowest BCUT2D eigenvalue weighted by Crippen LogP contribution is -2.37. The highest BCUT2D eigenvalue weighted by Gasteiger charge is 2.17. The Balaban J connectivity index is 1.68. The van der Waals surface area contributed by atoms with Crippen molar-refractivity contribution >= 4 is 5.91 Å². The standard InChI is InChI=1S/C24H24F2N2O2/c1-17(18-8-4-2-5-9-18)28-22(29)16-27-23(19-10-6-3-7-11-19)20-12-14-21(15-13-20)30-24(25)26/h2-15,17,23-24,27H,16H2,1H3,(H,28,29)/t17-,23+/m1/s1. The molecule has 0 aliphatic carbocycles.